The fourth-order valence-electron chi connectivity index (χ4n) is 3.06. The summed E-state index contributed by atoms with van der Waals surface area (Å²) in [5, 5.41) is 0. The lowest BCUT2D eigenvalue weighted by Gasteiger charge is -2.22. The molecule has 0 unspecified atom stereocenters. The molecule has 98 valence electrons. The Labute approximate surface area is 105 Å². The molecule has 1 saturated carbocycles. The minimum absolute atomic E-state index is 0.0284. The fourth-order valence-corrected chi connectivity index (χ4v) is 3.06. The van der Waals surface area contributed by atoms with Gasteiger partial charge in [-0.05, 0) is 30.8 Å². The smallest absolute Gasteiger partial charge is 0.323 e. The molecule has 0 aromatic carbocycles. The van der Waals surface area contributed by atoms with Crippen LogP contribution in [0.1, 0.15) is 19.3 Å². The number of esters is 2. The van der Waals surface area contributed by atoms with Crippen molar-refractivity contribution < 1.29 is 23.9 Å². The Bertz CT molecular complexity index is 407. The van der Waals surface area contributed by atoms with Crippen LogP contribution in [0, 0.1) is 17.3 Å². The van der Waals surface area contributed by atoms with Crippen LogP contribution >= 0.6 is 0 Å². The van der Waals surface area contributed by atoms with Gasteiger partial charge in [-0.2, -0.15) is 0 Å². The molecule has 2 rings (SSSR count). The second kappa shape index (κ2) is 4.55. The fraction of sp³-hybridized carbons (Fsp3) is 0.615. The Morgan fingerprint density at radius 3 is 2.39 bits per heavy atom. The summed E-state index contributed by atoms with van der Waals surface area (Å²) in [6, 6.07) is 0. The van der Waals surface area contributed by atoms with Crippen molar-refractivity contribution in [1.29, 1.82) is 0 Å². The van der Waals surface area contributed by atoms with Gasteiger partial charge in [-0.3, -0.25) is 14.4 Å². The van der Waals surface area contributed by atoms with Gasteiger partial charge in [0.05, 0.1) is 14.2 Å². The molecule has 0 saturated heterocycles. The van der Waals surface area contributed by atoms with Gasteiger partial charge in [0.1, 0.15) is 0 Å². The van der Waals surface area contributed by atoms with Crippen molar-refractivity contribution in [2.75, 3.05) is 14.2 Å². The van der Waals surface area contributed by atoms with Crippen LogP contribution < -0.4 is 0 Å². The molecular weight excluding hydrogens is 236 g/mol. The molecule has 18 heavy (non-hydrogen) atoms. The van der Waals surface area contributed by atoms with E-state index in [0.717, 1.165) is 0 Å². The summed E-state index contributed by atoms with van der Waals surface area (Å²) < 4.78 is 9.49. The van der Waals surface area contributed by atoms with Gasteiger partial charge in [0.25, 0.3) is 0 Å². The number of carbonyl (C=O) groups excluding carboxylic acids is 3. The van der Waals surface area contributed by atoms with Crippen molar-refractivity contribution in [3.8, 4) is 0 Å². The summed E-state index contributed by atoms with van der Waals surface area (Å²) in [7, 11) is 2.52. The maximum atomic E-state index is 11.9. The molecule has 0 N–H and O–H groups in total. The largest absolute Gasteiger partial charge is 0.468 e. The number of allylic oxidation sites excluding steroid dienone is 2. The van der Waals surface area contributed by atoms with Crippen LogP contribution in [-0.4, -0.2) is 31.9 Å². The van der Waals surface area contributed by atoms with Gasteiger partial charge in [0.15, 0.2) is 11.2 Å². The molecule has 2 aliphatic carbocycles. The Balaban J connectivity index is 2.30. The molecule has 0 bridgehead atoms. The van der Waals surface area contributed by atoms with Crippen molar-refractivity contribution in [2.24, 2.45) is 17.3 Å². The molecule has 5 nitrogen and oxygen atoms in total. The summed E-state index contributed by atoms with van der Waals surface area (Å²) in [5.74, 6) is -0.988. The molecule has 0 aromatic rings. The van der Waals surface area contributed by atoms with Crippen LogP contribution in [0.25, 0.3) is 0 Å². The van der Waals surface area contributed by atoms with Crippen LogP contribution in [0.15, 0.2) is 12.2 Å². The highest BCUT2D eigenvalue weighted by Crippen LogP contribution is 2.50. The molecule has 0 heterocycles. The van der Waals surface area contributed by atoms with E-state index in [1.165, 1.54) is 20.3 Å². The van der Waals surface area contributed by atoms with E-state index in [2.05, 4.69) is 0 Å². The van der Waals surface area contributed by atoms with Crippen molar-refractivity contribution in [3.05, 3.63) is 12.2 Å². The lowest BCUT2D eigenvalue weighted by atomic mass is 9.84. The van der Waals surface area contributed by atoms with E-state index in [4.69, 9.17) is 9.47 Å². The molecular formula is C13H16O5. The molecule has 0 radical (unpaired) electrons. The van der Waals surface area contributed by atoms with Crippen LogP contribution in [0.2, 0.25) is 0 Å². The molecule has 1 fully saturated rings. The summed E-state index contributed by atoms with van der Waals surface area (Å²) in [6.07, 6.45) is 4.40. The number of carbonyl (C=O) groups is 3. The average Bonchev–Trinajstić information content (AvgIpc) is 2.76. The van der Waals surface area contributed by atoms with E-state index < -0.39 is 17.4 Å². The third-order valence-electron chi connectivity index (χ3n) is 3.95. The summed E-state index contributed by atoms with van der Waals surface area (Å²) in [4.78, 5) is 35.2. The van der Waals surface area contributed by atoms with Gasteiger partial charge >= 0.3 is 11.9 Å². The highest BCUT2D eigenvalue weighted by Gasteiger charge is 2.57. The third-order valence-corrected chi connectivity index (χ3v) is 3.95. The Kier molecular flexibility index (Phi) is 3.24. The number of ketones is 1. The third kappa shape index (κ3) is 1.83. The Hall–Kier alpha value is -1.65. The van der Waals surface area contributed by atoms with E-state index >= 15 is 0 Å². The minimum Gasteiger partial charge on any atom is -0.468 e. The van der Waals surface area contributed by atoms with Gasteiger partial charge in [-0.1, -0.05) is 6.08 Å². The predicted molar refractivity (Wildman–Crippen MR) is 61.4 cm³/mol. The lowest BCUT2D eigenvalue weighted by molar-refractivity contribution is -0.169. The van der Waals surface area contributed by atoms with Gasteiger partial charge in [-0.25, -0.2) is 0 Å². The Morgan fingerprint density at radius 1 is 1.22 bits per heavy atom. The second-order valence-electron chi connectivity index (χ2n) is 4.93. The number of hydrogen-bond donors (Lipinski definition) is 0. The molecule has 0 spiro atoms. The molecule has 0 amide bonds. The molecule has 0 aliphatic heterocycles. The van der Waals surface area contributed by atoms with Gasteiger partial charge in [0, 0.05) is 6.42 Å². The van der Waals surface area contributed by atoms with Crippen molar-refractivity contribution >= 4 is 17.7 Å². The first kappa shape index (κ1) is 12.8. The number of ether oxygens (including phenoxy) is 2. The monoisotopic (exact) mass is 252 g/mol. The topological polar surface area (TPSA) is 69.7 Å². The first-order valence-electron chi connectivity index (χ1n) is 5.91. The van der Waals surface area contributed by atoms with Gasteiger partial charge < -0.3 is 9.47 Å². The highest BCUT2D eigenvalue weighted by molar-refractivity contribution is 6.01. The maximum absolute atomic E-state index is 11.9. The number of hydrogen-bond acceptors (Lipinski definition) is 5. The van der Waals surface area contributed by atoms with Crippen molar-refractivity contribution in [1.82, 2.24) is 0 Å². The zero-order chi connectivity index (χ0) is 13.3. The molecule has 2 atom stereocenters. The molecule has 0 aromatic heterocycles. The molecule has 2 aliphatic rings. The quantitative estimate of drug-likeness (QED) is 0.539. The second-order valence-corrected chi connectivity index (χ2v) is 4.93. The standard InChI is InChI=1S/C13H16O5/c1-17-11(15)13(12(16)18-2)6-8-3-4-10(14)5-9(8)7-13/h3-4,8-9H,5-7H2,1-2H3/t8-,9+/m0/s1. The van der Waals surface area contributed by atoms with E-state index in [1.54, 1.807) is 6.08 Å². The van der Waals surface area contributed by atoms with Crippen LogP contribution in [0.3, 0.4) is 0 Å². The first-order chi connectivity index (χ1) is 8.53. The lowest BCUT2D eigenvalue weighted by Crippen LogP contribution is -2.39. The van der Waals surface area contributed by atoms with Gasteiger partial charge in [0.2, 0.25) is 0 Å². The van der Waals surface area contributed by atoms with E-state index in [1.807, 2.05) is 0 Å². The number of rotatable bonds is 2. The zero-order valence-electron chi connectivity index (χ0n) is 10.5. The van der Waals surface area contributed by atoms with E-state index in [9.17, 15) is 14.4 Å². The Morgan fingerprint density at radius 2 is 1.83 bits per heavy atom. The maximum Gasteiger partial charge on any atom is 0.323 e. The number of methoxy groups -OCH3 is 2. The van der Waals surface area contributed by atoms with Crippen LogP contribution in [-0.2, 0) is 23.9 Å². The van der Waals surface area contributed by atoms with E-state index in [-0.39, 0.29) is 17.6 Å². The first-order valence-corrected chi connectivity index (χ1v) is 5.91. The average molecular weight is 252 g/mol. The summed E-state index contributed by atoms with van der Waals surface area (Å²) >= 11 is 0. The van der Waals surface area contributed by atoms with E-state index in [0.29, 0.717) is 19.3 Å². The van der Waals surface area contributed by atoms with Crippen molar-refractivity contribution in [3.63, 3.8) is 0 Å². The predicted octanol–water partition coefficient (Wildman–Crippen LogP) is 0.874. The van der Waals surface area contributed by atoms with Crippen LogP contribution in [0.5, 0.6) is 0 Å². The number of fused-ring (bicyclic) bond motifs is 1. The molecule has 5 heteroatoms. The SMILES string of the molecule is COC(=O)C1(C(=O)OC)C[C@H]2CC(=O)C=C[C@H]2C1. The summed E-state index contributed by atoms with van der Waals surface area (Å²) in [6.45, 7) is 0. The normalized spacial score (nSPS) is 28.7. The van der Waals surface area contributed by atoms with Gasteiger partial charge in [-0.15, -0.1) is 0 Å². The summed E-state index contributed by atoms with van der Waals surface area (Å²) in [5.41, 5.74) is -1.24. The van der Waals surface area contributed by atoms with Crippen LogP contribution in [0.4, 0.5) is 0 Å². The zero-order valence-corrected chi connectivity index (χ0v) is 10.5. The minimum atomic E-state index is -1.24. The highest BCUT2D eigenvalue weighted by atomic mass is 16.5. The van der Waals surface area contributed by atoms with Crippen molar-refractivity contribution in [2.45, 2.75) is 19.3 Å².